The molecule has 0 atom stereocenters. The predicted octanol–water partition coefficient (Wildman–Crippen LogP) is 21.6. The molecule has 0 bridgehead atoms. The topological polar surface area (TPSA) is 98.1 Å². The van der Waals surface area contributed by atoms with Crippen molar-refractivity contribution in [1.82, 2.24) is 39.7 Å². The second-order valence-electron chi connectivity index (χ2n) is 16.1. The molecule has 418 valence electrons. The van der Waals surface area contributed by atoms with Crippen LogP contribution in [0.2, 0.25) is 0 Å². The first-order valence-corrected chi connectivity index (χ1v) is 29.0. The minimum Gasteiger partial charge on any atom is -0.365 e. The number of hydrogen-bond donors (Lipinski definition) is 1. The van der Waals surface area contributed by atoms with Gasteiger partial charge in [-0.05, 0) is 114 Å². The number of thiophene rings is 1. The first-order chi connectivity index (χ1) is 35.1. The van der Waals surface area contributed by atoms with Crippen molar-refractivity contribution in [2.45, 2.75) is 236 Å². The van der Waals surface area contributed by atoms with E-state index in [0.29, 0.717) is 41.5 Å². The van der Waals surface area contributed by atoms with Crippen molar-refractivity contribution in [3.63, 3.8) is 0 Å². The average molecular weight is 1030 g/mol. The molecular weight excluding hydrogens is 913 g/mol. The lowest BCUT2D eigenvalue weighted by atomic mass is 10.1. The standard InChI is InChI=1S/C8H12.3C7H10N2.2C7H11N.C7H10S.7C2H6/c1-7(2)8-5-3-4-6-8;1-6(2)7-3-8-5-9-4-7;1-6(2)7-3-4-8-9-5-7;1-6(2)7-8-4-3-5-9-7;1-7(2)8-5-3-4-6-8;2*1-6(2)7-4-3-5-8-7;7*1-2/h3,5-7H,4H2,1-2H3;3*3-6H,1-2H3;3-7H,1-2H3;3-6,8H,1-2H3;3-6H,1-2H3;7*1-2H3. The third-order valence-electron chi connectivity index (χ3n) is 8.67. The van der Waals surface area contributed by atoms with Gasteiger partial charge in [-0.25, -0.2) is 19.9 Å². The van der Waals surface area contributed by atoms with Crippen molar-refractivity contribution in [2.75, 3.05) is 0 Å². The molecule has 0 fully saturated rings. The van der Waals surface area contributed by atoms with Crippen molar-refractivity contribution < 1.29 is 0 Å². The number of rotatable bonds is 7. The second-order valence-corrected chi connectivity index (χ2v) is 17.1. The van der Waals surface area contributed by atoms with Crippen molar-refractivity contribution in [3.8, 4) is 0 Å². The zero-order chi connectivity index (χ0) is 58.0. The Morgan fingerprint density at radius 2 is 1.01 bits per heavy atom. The number of nitrogens with zero attached hydrogens (tertiary/aromatic N) is 7. The molecule has 73 heavy (non-hydrogen) atoms. The van der Waals surface area contributed by atoms with Crippen molar-refractivity contribution in [3.05, 3.63) is 167 Å². The molecule has 6 aromatic heterocycles. The smallest absolute Gasteiger partial charge is 0.130 e. The Kier molecular flexibility index (Phi) is 70.9. The molecule has 0 saturated heterocycles. The van der Waals surface area contributed by atoms with Crippen LogP contribution in [0.3, 0.4) is 0 Å². The summed E-state index contributed by atoms with van der Waals surface area (Å²) in [6.45, 7) is 58.2. The fraction of sp³-hybridized carbons (Fsp3) is 0.562. The van der Waals surface area contributed by atoms with Gasteiger partial charge in [-0.3, -0.25) is 0 Å². The Morgan fingerprint density at radius 1 is 0.493 bits per heavy atom. The van der Waals surface area contributed by atoms with Gasteiger partial charge in [-0.1, -0.05) is 204 Å². The summed E-state index contributed by atoms with van der Waals surface area (Å²) in [5.74, 6) is 4.49. The first-order valence-electron chi connectivity index (χ1n) is 28.1. The number of aromatic amines is 1. The summed E-state index contributed by atoms with van der Waals surface area (Å²) < 4.78 is 2.17. The fourth-order valence-corrected chi connectivity index (χ4v) is 5.52. The van der Waals surface area contributed by atoms with Crippen LogP contribution in [0.15, 0.2) is 140 Å². The van der Waals surface area contributed by atoms with Crippen molar-refractivity contribution in [1.29, 1.82) is 0 Å². The molecule has 9 heteroatoms. The van der Waals surface area contributed by atoms with Gasteiger partial charge in [-0.2, -0.15) is 10.2 Å². The van der Waals surface area contributed by atoms with Gasteiger partial charge >= 0.3 is 0 Å². The highest BCUT2D eigenvalue weighted by atomic mass is 32.1. The van der Waals surface area contributed by atoms with Crippen molar-refractivity contribution >= 4 is 11.3 Å². The predicted molar refractivity (Wildman–Crippen MR) is 333 cm³/mol. The van der Waals surface area contributed by atoms with Crippen LogP contribution in [0.5, 0.6) is 0 Å². The molecule has 0 spiro atoms. The summed E-state index contributed by atoms with van der Waals surface area (Å²) in [4.78, 5) is 20.5. The number of aromatic nitrogens is 8. The Morgan fingerprint density at radius 3 is 1.25 bits per heavy atom. The van der Waals surface area contributed by atoms with E-state index in [4.69, 9.17) is 0 Å². The van der Waals surface area contributed by atoms with E-state index < -0.39 is 0 Å². The maximum atomic E-state index is 4.07. The molecule has 0 aromatic carbocycles. The van der Waals surface area contributed by atoms with Gasteiger partial charge in [-0.15, -0.1) is 11.3 Å². The molecular formula is C64H116N8S. The molecule has 1 aliphatic rings. The third-order valence-corrected chi connectivity index (χ3v) is 9.84. The van der Waals surface area contributed by atoms with E-state index >= 15 is 0 Å². The molecule has 8 nitrogen and oxygen atoms in total. The highest BCUT2D eigenvalue weighted by Crippen LogP contribution is 2.19. The SMILES string of the molecule is CC.CC.CC.CC.CC.CC.CC.CC(C)C1=CCC=C1.CC(C)c1ccc[nH]1.CC(C)c1cccs1.CC(C)c1ccnnc1.CC(C)c1cncnc1.CC(C)c1ncccn1.CC(C)n1cccc1. The summed E-state index contributed by atoms with van der Waals surface area (Å²) in [5.41, 5.74) is 5.23. The highest BCUT2D eigenvalue weighted by molar-refractivity contribution is 7.10. The molecule has 0 amide bonds. The van der Waals surface area contributed by atoms with E-state index in [1.165, 1.54) is 27.3 Å². The van der Waals surface area contributed by atoms with Gasteiger partial charge in [0.2, 0.25) is 0 Å². The van der Waals surface area contributed by atoms with Gasteiger partial charge in [0, 0.05) is 72.1 Å². The monoisotopic (exact) mass is 1030 g/mol. The van der Waals surface area contributed by atoms with E-state index in [0.717, 1.165) is 12.2 Å². The van der Waals surface area contributed by atoms with Crippen LogP contribution in [0.1, 0.15) is 263 Å². The Bertz CT molecular complexity index is 1650. The number of hydrogen-bond acceptors (Lipinski definition) is 7. The van der Waals surface area contributed by atoms with E-state index in [1.54, 1.807) is 31.1 Å². The first kappa shape index (κ1) is 82.0. The van der Waals surface area contributed by atoms with E-state index in [2.05, 4.69) is 191 Å². The van der Waals surface area contributed by atoms with Crippen LogP contribution < -0.4 is 0 Å². The summed E-state index contributed by atoms with van der Waals surface area (Å²) in [5, 5.41) is 9.55. The van der Waals surface area contributed by atoms with E-state index in [9.17, 15) is 0 Å². The van der Waals surface area contributed by atoms with Gasteiger partial charge in [0.05, 0.1) is 6.20 Å². The quantitative estimate of drug-likeness (QED) is 0.171. The Balaban J connectivity index is -0.000000134. The van der Waals surface area contributed by atoms with Crippen LogP contribution in [0.25, 0.3) is 0 Å². The van der Waals surface area contributed by atoms with Gasteiger partial charge < -0.3 is 9.55 Å². The Hall–Kier alpha value is -5.02. The largest absolute Gasteiger partial charge is 0.365 e. The minimum atomic E-state index is 0.436. The molecule has 0 radical (unpaired) electrons. The van der Waals surface area contributed by atoms with Gasteiger partial charge in [0.25, 0.3) is 0 Å². The molecule has 0 aliphatic heterocycles. The number of H-pyrrole nitrogens is 1. The van der Waals surface area contributed by atoms with Crippen LogP contribution in [0, 0.1) is 5.92 Å². The van der Waals surface area contributed by atoms with Gasteiger partial charge in [0.15, 0.2) is 0 Å². The van der Waals surface area contributed by atoms with Crippen LogP contribution in [-0.2, 0) is 0 Å². The number of allylic oxidation sites excluding steroid dienone is 4. The summed E-state index contributed by atoms with van der Waals surface area (Å²) in [6, 6.07) is 16.9. The summed E-state index contributed by atoms with van der Waals surface area (Å²) >= 11 is 1.83. The zero-order valence-corrected chi connectivity index (χ0v) is 53.3. The van der Waals surface area contributed by atoms with Crippen LogP contribution in [0.4, 0.5) is 0 Å². The molecule has 0 saturated carbocycles. The maximum Gasteiger partial charge on any atom is 0.130 e. The molecule has 1 N–H and O–H groups in total. The van der Waals surface area contributed by atoms with Crippen molar-refractivity contribution in [2.24, 2.45) is 5.92 Å². The Labute approximate surface area is 458 Å². The van der Waals surface area contributed by atoms with E-state index in [-0.39, 0.29) is 0 Å². The lowest BCUT2D eigenvalue weighted by molar-refractivity contribution is 0.604. The second kappa shape index (κ2) is 63.1. The molecule has 6 heterocycles. The molecule has 6 aromatic rings. The molecule has 0 unspecified atom stereocenters. The highest BCUT2D eigenvalue weighted by Gasteiger charge is 2.01. The lowest BCUT2D eigenvalue weighted by Gasteiger charge is -2.03. The van der Waals surface area contributed by atoms with E-state index in [1.807, 2.05) is 157 Å². The molecule has 1 aliphatic carbocycles. The zero-order valence-electron chi connectivity index (χ0n) is 52.5. The summed E-state index contributed by atoms with van der Waals surface area (Å²) in [6.07, 6.45) is 26.2. The third kappa shape index (κ3) is 50.3. The van der Waals surface area contributed by atoms with Crippen LogP contribution >= 0.6 is 11.3 Å². The van der Waals surface area contributed by atoms with Crippen LogP contribution in [-0.4, -0.2) is 39.7 Å². The average Bonchev–Trinajstić information content (AvgIpc) is 4.32. The normalized spacial score (nSPS) is 9.66. The maximum absolute atomic E-state index is 4.07. The fourth-order valence-electron chi connectivity index (χ4n) is 4.78. The molecule has 7 rings (SSSR count). The minimum absolute atomic E-state index is 0.436. The lowest BCUT2D eigenvalue weighted by Crippen LogP contribution is -1.94. The van der Waals surface area contributed by atoms with Gasteiger partial charge in [0.1, 0.15) is 12.2 Å². The number of nitrogens with one attached hydrogen (secondary N) is 1. The summed E-state index contributed by atoms with van der Waals surface area (Å²) in [7, 11) is 0.